The monoisotopic (exact) mass is 583 g/mol. The fourth-order valence-electron chi connectivity index (χ4n) is 6.39. The molecule has 9 nitrogen and oxygen atoms in total. The second-order valence-electron chi connectivity index (χ2n) is 11.7. The predicted molar refractivity (Wildman–Crippen MR) is 157 cm³/mol. The van der Waals surface area contributed by atoms with E-state index in [-0.39, 0.29) is 29.4 Å². The van der Waals surface area contributed by atoms with E-state index in [1.165, 1.54) is 12.1 Å². The summed E-state index contributed by atoms with van der Waals surface area (Å²) in [5.41, 5.74) is 6.51. The first kappa shape index (κ1) is 28.8. The quantitative estimate of drug-likeness (QED) is 0.380. The maximum Gasteiger partial charge on any atom is 0.261 e. The van der Waals surface area contributed by atoms with Crippen molar-refractivity contribution >= 4 is 22.3 Å². The van der Waals surface area contributed by atoms with Crippen LogP contribution >= 0.6 is 0 Å². The molecule has 3 saturated heterocycles. The average molecular weight is 584 g/mol. The standard InChI is InChI=1S/C31H39F2N5O4/c32-25-15-21(34)1-2-28(25)38-11-5-22(6-12-38)37-9-3-20(4-10-37)18-41-24-16-26(33)30-27(17-24)35-29(36-31(30)39)19-42-23-7-13-40-14-8-23/h1-2,15-17,20,22-23H,3-14,18-19,34H2,(H,35,36,39). The molecule has 226 valence electrons. The molecule has 0 unspecified atom stereocenters. The van der Waals surface area contributed by atoms with Crippen LogP contribution in [0.3, 0.4) is 0 Å². The summed E-state index contributed by atoms with van der Waals surface area (Å²) in [5, 5.41) is -0.0735. The third-order valence-electron chi connectivity index (χ3n) is 8.84. The molecule has 3 aliphatic heterocycles. The normalized spacial score (nSPS) is 19.9. The van der Waals surface area contributed by atoms with Gasteiger partial charge in [-0.2, -0.15) is 0 Å². The highest BCUT2D eigenvalue weighted by Crippen LogP contribution is 2.29. The Hall–Kier alpha value is -3.28. The van der Waals surface area contributed by atoms with Gasteiger partial charge < -0.3 is 34.7 Å². The molecule has 4 heterocycles. The number of aromatic nitrogens is 2. The molecule has 0 bridgehead atoms. The third-order valence-corrected chi connectivity index (χ3v) is 8.84. The molecular weight excluding hydrogens is 544 g/mol. The number of nitrogens with two attached hydrogens (primary N) is 1. The van der Waals surface area contributed by atoms with Crippen molar-refractivity contribution in [2.24, 2.45) is 5.92 Å². The topological polar surface area (TPSA) is 106 Å². The zero-order valence-corrected chi connectivity index (χ0v) is 23.8. The minimum absolute atomic E-state index is 0.0598. The number of ether oxygens (including phenoxy) is 3. The smallest absolute Gasteiger partial charge is 0.261 e. The molecule has 2 aromatic carbocycles. The number of rotatable bonds is 8. The van der Waals surface area contributed by atoms with Crippen LogP contribution in [0.2, 0.25) is 0 Å². The lowest BCUT2D eigenvalue weighted by molar-refractivity contribution is -0.0408. The Morgan fingerprint density at radius 2 is 1.74 bits per heavy atom. The van der Waals surface area contributed by atoms with Crippen molar-refractivity contribution < 1.29 is 23.0 Å². The Kier molecular flexibility index (Phi) is 8.87. The van der Waals surface area contributed by atoms with Crippen molar-refractivity contribution in [1.29, 1.82) is 0 Å². The fraction of sp³-hybridized carbons (Fsp3) is 0.548. The molecule has 6 rings (SSSR count). The lowest BCUT2D eigenvalue weighted by atomic mass is 9.94. The number of halogens is 2. The van der Waals surface area contributed by atoms with Gasteiger partial charge in [-0.15, -0.1) is 0 Å². The largest absolute Gasteiger partial charge is 0.493 e. The van der Waals surface area contributed by atoms with Crippen molar-refractivity contribution in [2.75, 3.05) is 56.6 Å². The summed E-state index contributed by atoms with van der Waals surface area (Å²) in [6.07, 6.45) is 5.64. The van der Waals surface area contributed by atoms with E-state index >= 15 is 0 Å². The molecular formula is C31H39F2N5O4. The number of hydrogen-bond donors (Lipinski definition) is 2. The molecule has 0 saturated carbocycles. The predicted octanol–water partition coefficient (Wildman–Crippen LogP) is 4.24. The van der Waals surface area contributed by atoms with Crippen LogP contribution in [-0.4, -0.2) is 73.0 Å². The van der Waals surface area contributed by atoms with Crippen LogP contribution in [0.4, 0.5) is 20.2 Å². The summed E-state index contributed by atoms with van der Waals surface area (Å²) in [6, 6.07) is 8.30. The first-order valence-electron chi connectivity index (χ1n) is 15.0. The number of nitrogens with zero attached hydrogens (tertiary/aromatic N) is 3. The lowest BCUT2D eigenvalue weighted by Crippen LogP contribution is -2.48. The van der Waals surface area contributed by atoms with E-state index in [1.54, 1.807) is 18.2 Å². The number of nitrogens with one attached hydrogen (secondary N) is 1. The van der Waals surface area contributed by atoms with Gasteiger partial charge in [-0.1, -0.05) is 0 Å². The van der Waals surface area contributed by atoms with E-state index in [4.69, 9.17) is 19.9 Å². The molecule has 0 spiro atoms. The minimum atomic E-state index is -0.645. The number of likely N-dealkylation sites (tertiary alicyclic amines) is 1. The summed E-state index contributed by atoms with van der Waals surface area (Å²) >= 11 is 0. The molecule has 0 atom stereocenters. The number of anilines is 2. The van der Waals surface area contributed by atoms with Crippen molar-refractivity contribution in [3.05, 3.63) is 58.1 Å². The molecule has 3 N–H and O–H groups in total. The highest BCUT2D eigenvalue weighted by molar-refractivity contribution is 5.79. The van der Waals surface area contributed by atoms with Crippen molar-refractivity contribution in [1.82, 2.24) is 14.9 Å². The van der Waals surface area contributed by atoms with Gasteiger partial charge in [-0.3, -0.25) is 4.79 Å². The summed E-state index contributed by atoms with van der Waals surface area (Å²) in [7, 11) is 0. The molecule has 11 heteroatoms. The van der Waals surface area contributed by atoms with E-state index in [2.05, 4.69) is 19.8 Å². The number of H-pyrrole nitrogens is 1. The van der Waals surface area contributed by atoms with Crippen LogP contribution in [-0.2, 0) is 16.1 Å². The summed E-state index contributed by atoms with van der Waals surface area (Å²) in [5.74, 6) is 0.197. The number of hydrogen-bond acceptors (Lipinski definition) is 8. The van der Waals surface area contributed by atoms with Gasteiger partial charge in [0, 0.05) is 50.2 Å². The molecule has 3 aromatic rings. The Morgan fingerprint density at radius 1 is 0.976 bits per heavy atom. The first-order chi connectivity index (χ1) is 20.4. The van der Waals surface area contributed by atoms with Gasteiger partial charge in [0.1, 0.15) is 35.2 Å². The number of fused-ring (bicyclic) bond motifs is 1. The number of aromatic amines is 1. The van der Waals surface area contributed by atoms with Crippen molar-refractivity contribution in [3.8, 4) is 5.75 Å². The molecule has 42 heavy (non-hydrogen) atoms. The Bertz CT molecular complexity index is 1430. The molecule has 1 aromatic heterocycles. The van der Waals surface area contributed by atoms with Crippen molar-refractivity contribution in [3.63, 3.8) is 0 Å². The van der Waals surface area contributed by atoms with Gasteiger partial charge in [0.15, 0.2) is 0 Å². The average Bonchev–Trinajstić information content (AvgIpc) is 3.00. The molecule has 3 aliphatic rings. The lowest BCUT2D eigenvalue weighted by Gasteiger charge is -2.42. The van der Waals surface area contributed by atoms with Gasteiger partial charge in [0.2, 0.25) is 0 Å². The second-order valence-corrected chi connectivity index (χ2v) is 11.7. The van der Waals surface area contributed by atoms with Crippen LogP contribution in [0.15, 0.2) is 35.1 Å². The Morgan fingerprint density at radius 3 is 2.48 bits per heavy atom. The van der Waals surface area contributed by atoms with Gasteiger partial charge in [-0.05, 0) is 75.7 Å². The zero-order chi connectivity index (χ0) is 29.1. The summed E-state index contributed by atoms with van der Waals surface area (Å²) in [4.78, 5) is 24.4. The zero-order valence-electron chi connectivity index (χ0n) is 23.8. The van der Waals surface area contributed by atoms with Gasteiger partial charge in [-0.25, -0.2) is 13.8 Å². The first-order valence-corrected chi connectivity index (χ1v) is 15.0. The summed E-state index contributed by atoms with van der Waals surface area (Å²) in [6.45, 7) is 5.55. The molecule has 0 aliphatic carbocycles. The Labute approximate surface area is 243 Å². The Balaban J connectivity index is 0.995. The number of piperidine rings is 2. The van der Waals surface area contributed by atoms with Gasteiger partial charge in [0.25, 0.3) is 5.56 Å². The van der Waals surface area contributed by atoms with E-state index in [9.17, 15) is 13.6 Å². The van der Waals surface area contributed by atoms with Gasteiger partial charge >= 0.3 is 0 Å². The van der Waals surface area contributed by atoms with Gasteiger partial charge in [0.05, 0.1) is 23.9 Å². The molecule has 3 fully saturated rings. The number of nitrogen functional groups attached to an aromatic ring is 1. The van der Waals surface area contributed by atoms with Crippen LogP contribution < -0.4 is 20.9 Å². The molecule has 0 radical (unpaired) electrons. The second kappa shape index (κ2) is 12.9. The SMILES string of the molecule is Nc1ccc(N2CCC(N3CCC(COc4cc(F)c5c(=O)[nH]c(COC6CCOCC6)nc5c4)CC3)CC2)c(F)c1. The van der Waals surface area contributed by atoms with E-state index in [0.717, 1.165) is 64.7 Å². The highest BCUT2D eigenvalue weighted by atomic mass is 19.1. The maximum atomic E-state index is 14.9. The maximum absolute atomic E-state index is 14.9. The van der Waals surface area contributed by atoms with E-state index in [1.807, 2.05) is 0 Å². The van der Waals surface area contributed by atoms with Crippen LogP contribution in [0.1, 0.15) is 44.3 Å². The van der Waals surface area contributed by atoms with E-state index < -0.39 is 11.4 Å². The third kappa shape index (κ3) is 6.68. The minimum Gasteiger partial charge on any atom is -0.493 e. The highest BCUT2D eigenvalue weighted by Gasteiger charge is 2.29. The van der Waals surface area contributed by atoms with Crippen molar-refractivity contribution in [2.45, 2.75) is 57.3 Å². The number of benzene rings is 2. The summed E-state index contributed by atoms with van der Waals surface area (Å²) < 4.78 is 46.5. The van der Waals surface area contributed by atoms with Crippen LogP contribution in [0.25, 0.3) is 10.9 Å². The van der Waals surface area contributed by atoms with E-state index in [0.29, 0.717) is 54.7 Å². The van der Waals surface area contributed by atoms with Crippen LogP contribution in [0.5, 0.6) is 5.75 Å². The fourth-order valence-corrected chi connectivity index (χ4v) is 6.39. The van der Waals surface area contributed by atoms with Crippen LogP contribution in [0, 0.1) is 17.6 Å². The molecule has 0 amide bonds.